The van der Waals surface area contributed by atoms with Crippen molar-refractivity contribution in [2.75, 3.05) is 18.0 Å². The molecule has 1 aromatic heterocycles. The highest BCUT2D eigenvalue weighted by molar-refractivity contribution is 5.66. The molecule has 1 N–H and O–H groups in total. The summed E-state index contributed by atoms with van der Waals surface area (Å²) in [5.74, 6) is 0.270. The van der Waals surface area contributed by atoms with Crippen molar-refractivity contribution in [3.8, 4) is 0 Å². The maximum Gasteiger partial charge on any atom is 0.303 e. The van der Waals surface area contributed by atoms with Crippen molar-refractivity contribution < 1.29 is 14.4 Å². The average Bonchev–Trinajstić information content (AvgIpc) is 2.67. The number of carbonyl (C=O) groups is 1. The second-order valence-electron chi connectivity index (χ2n) is 4.07. The molecule has 0 spiro atoms. The standard InChI is InChI=1S/C11H19N3O3/c1-4-14(5-2)11-12-9(17-13-11)6-8(3)7-10(15)16/h8H,4-7H2,1-3H3,(H,15,16). The summed E-state index contributed by atoms with van der Waals surface area (Å²) in [5, 5.41) is 12.5. The Kier molecular flexibility index (Phi) is 4.93. The highest BCUT2D eigenvalue weighted by atomic mass is 16.5. The van der Waals surface area contributed by atoms with Crippen LogP contribution in [0.2, 0.25) is 0 Å². The van der Waals surface area contributed by atoms with Crippen LogP contribution >= 0.6 is 0 Å². The molecule has 6 nitrogen and oxygen atoms in total. The smallest absolute Gasteiger partial charge is 0.303 e. The SMILES string of the molecule is CCN(CC)c1noc(CC(C)CC(=O)O)n1. The van der Waals surface area contributed by atoms with Gasteiger partial charge in [0.2, 0.25) is 5.89 Å². The third-order valence-electron chi connectivity index (χ3n) is 2.55. The van der Waals surface area contributed by atoms with Crippen molar-refractivity contribution >= 4 is 11.9 Å². The van der Waals surface area contributed by atoms with E-state index in [1.807, 2.05) is 25.7 Å². The molecule has 0 radical (unpaired) electrons. The van der Waals surface area contributed by atoms with Gasteiger partial charge in [-0.25, -0.2) is 0 Å². The summed E-state index contributed by atoms with van der Waals surface area (Å²) >= 11 is 0. The monoisotopic (exact) mass is 241 g/mol. The minimum atomic E-state index is -0.805. The van der Waals surface area contributed by atoms with Crippen LogP contribution in [-0.4, -0.2) is 34.3 Å². The molecule has 0 bridgehead atoms. The zero-order chi connectivity index (χ0) is 12.8. The van der Waals surface area contributed by atoms with Crippen molar-refractivity contribution in [2.45, 2.75) is 33.6 Å². The van der Waals surface area contributed by atoms with Gasteiger partial charge >= 0.3 is 5.97 Å². The summed E-state index contributed by atoms with van der Waals surface area (Å²) in [5.41, 5.74) is 0. The van der Waals surface area contributed by atoms with E-state index in [2.05, 4.69) is 10.1 Å². The molecule has 1 rings (SSSR count). The predicted molar refractivity (Wildman–Crippen MR) is 63.0 cm³/mol. The molecule has 1 atom stereocenters. The molecule has 0 aliphatic heterocycles. The fourth-order valence-corrected chi connectivity index (χ4v) is 1.63. The fourth-order valence-electron chi connectivity index (χ4n) is 1.63. The molecule has 96 valence electrons. The van der Waals surface area contributed by atoms with Gasteiger partial charge in [-0.15, -0.1) is 0 Å². The second-order valence-corrected chi connectivity index (χ2v) is 4.07. The Morgan fingerprint density at radius 3 is 2.65 bits per heavy atom. The Balaban J connectivity index is 2.59. The molecular weight excluding hydrogens is 222 g/mol. The Labute approximate surface area is 101 Å². The molecule has 6 heteroatoms. The van der Waals surface area contributed by atoms with Gasteiger partial charge in [0.1, 0.15) is 0 Å². The Morgan fingerprint density at radius 1 is 1.47 bits per heavy atom. The number of hydrogen-bond donors (Lipinski definition) is 1. The summed E-state index contributed by atoms with van der Waals surface area (Å²) < 4.78 is 5.11. The molecule has 0 fully saturated rings. The molecule has 1 aromatic rings. The highest BCUT2D eigenvalue weighted by Gasteiger charge is 2.15. The van der Waals surface area contributed by atoms with Crippen LogP contribution in [0.15, 0.2) is 4.52 Å². The van der Waals surface area contributed by atoms with Crippen LogP contribution in [0.25, 0.3) is 0 Å². The van der Waals surface area contributed by atoms with Crippen LogP contribution in [0.1, 0.15) is 33.1 Å². The molecule has 1 heterocycles. The number of aromatic nitrogens is 2. The molecule has 17 heavy (non-hydrogen) atoms. The second kappa shape index (κ2) is 6.22. The van der Waals surface area contributed by atoms with E-state index in [1.165, 1.54) is 0 Å². The number of nitrogens with zero attached hydrogens (tertiary/aromatic N) is 3. The number of rotatable bonds is 7. The lowest BCUT2D eigenvalue weighted by Gasteiger charge is -2.14. The lowest BCUT2D eigenvalue weighted by Crippen LogP contribution is -2.23. The first kappa shape index (κ1) is 13.5. The van der Waals surface area contributed by atoms with E-state index in [0.29, 0.717) is 18.3 Å². The summed E-state index contributed by atoms with van der Waals surface area (Å²) in [6.07, 6.45) is 0.615. The maximum atomic E-state index is 10.5. The fraction of sp³-hybridized carbons (Fsp3) is 0.727. The summed E-state index contributed by atoms with van der Waals surface area (Å²) in [6.45, 7) is 7.54. The van der Waals surface area contributed by atoms with Crippen LogP contribution in [0.5, 0.6) is 0 Å². The summed E-state index contributed by atoms with van der Waals surface area (Å²) in [6, 6.07) is 0. The zero-order valence-electron chi connectivity index (χ0n) is 10.5. The number of aliphatic carboxylic acids is 1. The first-order valence-electron chi connectivity index (χ1n) is 5.86. The van der Waals surface area contributed by atoms with Crippen molar-refractivity contribution in [3.63, 3.8) is 0 Å². The quantitative estimate of drug-likeness (QED) is 0.780. The predicted octanol–water partition coefficient (Wildman–Crippen LogP) is 1.57. The van der Waals surface area contributed by atoms with Crippen LogP contribution in [-0.2, 0) is 11.2 Å². The zero-order valence-corrected chi connectivity index (χ0v) is 10.5. The van der Waals surface area contributed by atoms with Crippen LogP contribution in [0.3, 0.4) is 0 Å². The van der Waals surface area contributed by atoms with E-state index in [9.17, 15) is 4.79 Å². The normalized spacial score (nSPS) is 12.4. The van der Waals surface area contributed by atoms with Gasteiger partial charge in [-0.3, -0.25) is 4.79 Å². The molecule has 0 aromatic carbocycles. The summed E-state index contributed by atoms with van der Waals surface area (Å²) in [4.78, 5) is 16.8. The van der Waals surface area contributed by atoms with Crippen LogP contribution in [0, 0.1) is 5.92 Å². The first-order chi connectivity index (χ1) is 8.06. The van der Waals surface area contributed by atoms with E-state index in [4.69, 9.17) is 9.63 Å². The van der Waals surface area contributed by atoms with Crippen molar-refractivity contribution in [1.82, 2.24) is 10.1 Å². The molecule has 0 aliphatic carbocycles. The van der Waals surface area contributed by atoms with Crippen LogP contribution < -0.4 is 4.90 Å². The van der Waals surface area contributed by atoms with Gasteiger partial charge in [0.25, 0.3) is 5.95 Å². The molecular formula is C11H19N3O3. The van der Waals surface area contributed by atoms with Gasteiger partial charge in [0.15, 0.2) is 0 Å². The van der Waals surface area contributed by atoms with E-state index in [1.54, 1.807) is 0 Å². The minimum Gasteiger partial charge on any atom is -0.481 e. The highest BCUT2D eigenvalue weighted by Crippen LogP contribution is 2.14. The number of carboxylic acid groups (broad SMARTS) is 1. The van der Waals surface area contributed by atoms with Gasteiger partial charge in [0.05, 0.1) is 0 Å². The van der Waals surface area contributed by atoms with Gasteiger partial charge in [0, 0.05) is 25.9 Å². The third-order valence-corrected chi connectivity index (χ3v) is 2.55. The van der Waals surface area contributed by atoms with Gasteiger partial charge in [-0.1, -0.05) is 6.92 Å². The van der Waals surface area contributed by atoms with E-state index >= 15 is 0 Å². The van der Waals surface area contributed by atoms with Gasteiger partial charge < -0.3 is 14.5 Å². The maximum absolute atomic E-state index is 10.5. The number of carboxylic acids is 1. The lowest BCUT2D eigenvalue weighted by atomic mass is 10.0. The lowest BCUT2D eigenvalue weighted by molar-refractivity contribution is -0.137. The topological polar surface area (TPSA) is 79.5 Å². The first-order valence-corrected chi connectivity index (χ1v) is 5.86. The molecule has 0 amide bonds. The van der Waals surface area contributed by atoms with E-state index < -0.39 is 5.97 Å². The van der Waals surface area contributed by atoms with Gasteiger partial charge in [-0.05, 0) is 24.9 Å². The molecule has 0 saturated carbocycles. The number of hydrogen-bond acceptors (Lipinski definition) is 5. The summed E-state index contributed by atoms with van der Waals surface area (Å²) in [7, 11) is 0. The Hall–Kier alpha value is -1.59. The van der Waals surface area contributed by atoms with Crippen molar-refractivity contribution in [2.24, 2.45) is 5.92 Å². The molecule has 0 aliphatic rings. The minimum absolute atomic E-state index is 0.00231. The average molecular weight is 241 g/mol. The van der Waals surface area contributed by atoms with Crippen LogP contribution in [0.4, 0.5) is 5.95 Å². The van der Waals surface area contributed by atoms with E-state index in [0.717, 1.165) is 13.1 Å². The van der Waals surface area contributed by atoms with Crippen molar-refractivity contribution in [1.29, 1.82) is 0 Å². The van der Waals surface area contributed by atoms with Crippen molar-refractivity contribution in [3.05, 3.63) is 5.89 Å². The Bertz CT molecular complexity index is 361. The molecule has 1 unspecified atom stereocenters. The van der Waals surface area contributed by atoms with Gasteiger partial charge in [-0.2, -0.15) is 4.98 Å². The Morgan fingerprint density at radius 2 is 2.12 bits per heavy atom. The van der Waals surface area contributed by atoms with E-state index in [-0.39, 0.29) is 12.3 Å². The molecule has 0 saturated heterocycles. The largest absolute Gasteiger partial charge is 0.481 e. The third kappa shape index (κ3) is 4.05. The number of anilines is 1.